The zero-order chi connectivity index (χ0) is 19.5. The number of rotatable bonds is 11. The standard InChI is InChI=1S/C21H27NO5/c1-4-26-18-9-5-16(6-10-18)7-12-21(23)22-17-8-11-19(25-3)20(15-17)27-14-13-24-2/h5-6,8-11,15H,4,7,12-14H2,1-3H3,(H,22,23). The van der Waals surface area contributed by atoms with Crippen LogP contribution < -0.4 is 19.5 Å². The van der Waals surface area contributed by atoms with Gasteiger partial charge in [-0.3, -0.25) is 4.79 Å². The van der Waals surface area contributed by atoms with E-state index in [1.165, 1.54) is 0 Å². The number of carbonyl (C=O) groups excluding carboxylic acids is 1. The fraction of sp³-hybridized carbons (Fsp3) is 0.381. The van der Waals surface area contributed by atoms with E-state index < -0.39 is 0 Å². The molecule has 2 aromatic rings. The van der Waals surface area contributed by atoms with Crippen molar-refractivity contribution >= 4 is 11.6 Å². The monoisotopic (exact) mass is 373 g/mol. The number of ether oxygens (including phenoxy) is 4. The van der Waals surface area contributed by atoms with Crippen LogP contribution in [-0.2, 0) is 16.0 Å². The average Bonchev–Trinajstić information content (AvgIpc) is 2.68. The average molecular weight is 373 g/mol. The summed E-state index contributed by atoms with van der Waals surface area (Å²) in [4.78, 5) is 12.3. The molecule has 0 radical (unpaired) electrons. The number of amides is 1. The van der Waals surface area contributed by atoms with E-state index in [0.29, 0.717) is 49.8 Å². The first-order valence-electron chi connectivity index (χ1n) is 8.97. The number of nitrogens with one attached hydrogen (secondary N) is 1. The van der Waals surface area contributed by atoms with Crippen LogP contribution in [0, 0.1) is 0 Å². The van der Waals surface area contributed by atoms with Crippen LogP contribution in [0.25, 0.3) is 0 Å². The van der Waals surface area contributed by atoms with Crippen LogP contribution in [0.1, 0.15) is 18.9 Å². The minimum absolute atomic E-state index is 0.0584. The number of carbonyl (C=O) groups is 1. The summed E-state index contributed by atoms with van der Waals surface area (Å²) in [5, 5.41) is 2.90. The lowest BCUT2D eigenvalue weighted by atomic mass is 10.1. The molecule has 0 aliphatic heterocycles. The van der Waals surface area contributed by atoms with Gasteiger partial charge in [-0.25, -0.2) is 0 Å². The molecule has 0 fully saturated rings. The van der Waals surface area contributed by atoms with E-state index in [0.717, 1.165) is 11.3 Å². The molecule has 0 bridgehead atoms. The molecule has 0 atom stereocenters. The van der Waals surface area contributed by atoms with Crippen molar-refractivity contribution in [2.45, 2.75) is 19.8 Å². The molecule has 0 aromatic heterocycles. The van der Waals surface area contributed by atoms with Gasteiger partial charge < -0.3 is 24.3 Å². The summed E-state index contributed by atoms with van der Waals surface area (Å²) in [6.07, 6.45) is 1.05. The molecule has 27 heavy (non-hydrogen) atoms. The third-order valence-corrected chi connectivity index (χ3v) is 3.87. The lowest BCUT2D eigenvalue weighted by molar-refractivity contribution is -0.116. The molecule has 2 rings (SSSR count). The summed E-state index contributed by atoms with van der Waals surface area (Å²) in [5.41, 5.74) is 1.76. The highest BCUT2D eigenvalue weighted by Gasteiger charge is 2.09. The maximum absolute atomic E-state index is 12.3. The van der Waals surface area contributed by atoms with Gasteiger partial charge in [-0.1, -0.05) is 12.1 Å². The lowest BCUT2D eigenvalue weighted by Gasteiger charge is -2.13. The fourth-order valence-corrected chi connectivity index (χ4v) is 2.50. The molecule has 0 aliphatic rings. The van der Waals surface area contributed by atoms with Crippen LogP contribution in [0.4, 0.5) is 5.69 Å². The third kappa shape index (κ3) is 6.83. The zero-order valence-corrected chi connectivity index (χ0v) is 16.1. The van der Waals surface area contributed by atoms with E-state index in [2.05, 4.69) is 5.32 Å². The molecule has 6 heteroatoms. The Bertz CT molecular complexity index is 715. The Labute approximate surface area is 160 Å². The predicted molar refractivity (Wildman–Crippen MR) is 105 cm³/mol. The largest absolute Gasteiger partial charge is 0.494 e. The number of aryl methyl sites for hydroxylation is 1. The van der Waals surface area contributed by atoms with Gasteiger partial charge >= 0.3 is 0 Å². The first-order valence-corrected chi connectivity index (χ1v) is 8.97. The molecule has 0 unspecified atom stereocenters. The molecular formula is C21H27NO5. The summed E-state index contributed by atoms with van der Waals surface area (Å²) >= 11 is 0. The van der Waals surface area contributed by atoms with Gasteiger partial charge in [-0.15, -0.1) is 0 Å². The Kier molecular flexibility index (Phi) is 8.45. The summed E-state index contributed by atoms with van der Waals surface area (Å²) in [6, 6.07) is 13.1. The van der Waals surface area contributed by atoms with Crippen molar-refractivity contribution in [3.8, 4) is 17.2 Å². The van der Waals surface area contributed by atoms with Crippen molar-refractivity contribution in [3.05, 3.63) is 48.0 Å². The van der Waals surface area contributed by atoms with Crippen molar-refractivity contribution in [1.29, 1.82) is 0 Å². The molecule has 0 aliphatic carbocycles. The highest BCUT2D eigenvalue weighted by Crippen LogP contribution is 2.30. The normalized spacial score (nSPS) is 10.3. The Balaban J connectivity index is 1.89. The van der Waals surface area contributed by atoms with Crippen LogP contribution in [0.15, 0.2) is 42.5 Å². The van der Waals surface area contributed by atoms with E-state index in [-0.39, 0.29) is 5.91 Å². The van der Waals surface area contributed by atoms with E-state index in [9.17, 15) is 4.79 Å². The van der Waals surface area contributed by atoms with Crippen molar-refractivity contribution in [3.63, 3.8) is 0 Å². The molecule has 0 saturated heterocycles. The first-order chi connectivity index (χ1) is 13.2. The Hall–Kier alpha value is -2.73. The van der Waals surface area contributed by atoms with E-state index in [1.54, 1.807) is 32.4 Å². The molecule has 6 nitrogen and oxygen atoms in total. The summed E-state index contributed by atoms with van der Waals surface area (Å²) in [5.74, 6) is 1.96. The SMILES string of the molecule is CCOc1ccc(CCC(=O)Nc2ccc(OC)c(OCCOC)c2)cc1. The predicted octanol–water partition coefficient (Wildman–Crippen LogP) is 3.69. The van der Waals surface area contributed by atoms with Gasteiger partial charge in [0.2, 0.25) is 5.91 Å². The molecule has 0 heterocycles. The fourth-order valence-electron chi connectivity index (χ4n) is 2.50. The minimum Gasteiger partial charge on any atom is -0.494 e. The molecule has 146 valence electrons. The lowest BCUT2D eigenvalue weighted by Crippen LogP contribution is -2.13. The first kappa shape index (κ1) is 20.6. The molecule has 1 N–H and O–H groups in total. The number of anilines is 1. The highest BCUT2D eigenvalue weighted by molar-refractivity contribution is 5.91. The third-order valence-electron chi connectivity index (χ3n) is 3.87. The zero-order valence-electron chi connectivity index (χ0n) is 16.1. The Morgan fingerprint density at radius 2 is 1.74 bits per heavy atom. The number of hydrogen-bond donors (Lipinski definition) is 1. The quantitative estimate of drug-likeness (QED) is 0.609. The number of benzene rings is 2. The van der Waals surface area contributed by atoms with Gasteiger partial charge in [0.25, 0.3) is 0 Å². The van der Waals surface area contributed by atoms with Crippen LogP contribution in [-0.4, -0.2) is 39.9 Å². The topological polar surface area (TPSA) is 66.0 Å². The van der Waals surface area contributed by atoms with Crippen LogP contribution in [0.5, 0.6) is 17.2 Å². The Morgan fingerprint density at radius 1 is 0.963 bits per heavy atom. The van der Waals surface area contributed by atoms with Gasteiger partial charge in [-0.2, -0.15) is 0 Å². The van der Waals surface area contributed by atoms with Crippen molar-refractivity contribution in [2.75, 3.05) is 39.4 Å². The second-order valence-electron chi connectivity index (χ2n) is 5.83. The maximum atomic E-state index is 12.3. The summed E-state index contributed by atoms with van der Waals surface area (Å²) in [7, 11) is 3.19. The van der Waals surface area contributed by atoms with Crippen molar-refractivity contribution in [2.24, 2.45) is 0 Å². The second kappa shape index (κ2) is 11.1. The molecule has 1 amide bonds. The van der Waals surface area contributed by atoms with E-state index in [4.69, 9.17) is 18.9 Å². The molecular weight excluding hydrogens is 346 g/mol. The van der Waals surface area contributed by atoms with Gasteiger partial charge in [0.1, 0.15) is 12.4 Å². The molecule has 0 spiro atoms. The van der Waals surface area contributed by atoms with Crippen LogP contribution in [0.3, 0.4) is 0 Å². The van der Waals surface area contributed by atoms with Gasteiger partial charge in [0.05, 0.1) is 20.3 Å². The smallest absolute Gasteiger partial charge is 0.224 e. The van der Waals surface area contributed by atoms with Crippen LogP contribution in [0.2, 0.25) is 0 Å². The Morgan fingerprint density at radius 3 is 2.41 bits per heavy atom. The number of hydrogen-bond acceptors (Lipinski definition) is 5. The minimum atomic E-state index is -0.0584. The van der Waals surface area contributed by atoms with Crippen molar-refractivity contribution in [1.82, 2.24) is 0 Å². The van der Waals surface area contributed by atoms with Gasteiger partial charge in [-0.05, 0) is 43.2 Å². The second-order valence-corrected chi connectivity index (χ2v) is 5.83. The van der Waals surface area contributed by atoms with Crippen LogP contribution >= 0.6 is 0 Å². The van der Waals surface area contributed by atoms with Gasteiger partial charge in [0.15, 0.2) is 11.5 Å². The van der Waals surface area contributed by atoms with Gasteiger partial charge in [0, 0.05) is 25.3 Å². The molecule has 2 aromatic carbocycles. The summed E-state index contributed by atoms with van der Waals surface area (Å²) in [6.45, 7) is 3.47. The molecule has 0 saturated carbocycles. The summed E-state index contributed by atoms with van der Waals surface area (Å²) < 4.78 is 21.3. The van der Waals surface area contributed by atoms with E-state index in [1.807, 2.05) is 31.2 Å². The van der Waals surface area contributed by atoms with Crippen molar-refractivity contribution < 1.29 is 23.7 Å². The number of methoxy groups -OCH3 is 2. The highest BCUT2D eigenvalue weighted by atomic mass is 16.5. The maximum Gasteiger partial charge on any atom is 0.224 e. The van der Waals surface area contributed by atoms with E-state index >= 15 is 0 Å².